The summed E-state index contributed by atoms with van der Waals surface area (Å²) in [4.78, 5) is 0. The van der Waals surface area contributed by atoms with Crippen LogP contribution in [0.5, 0.6) is 0 Å². The third-order valence-corrected chi connectivity index (χ3v) is 4.68. The fraction of sp³-hybridized carbons (Fsp3) is 0.625. The normalized spacial score (nSPS) is 33.0. The molecule has 0 aliphatic carbocycles. The van der Waals surface area contributed by atoms with Crippen molar-refractivity contribution in [2.45, 2.75) is 50.3 Å². The van der Waals surface area contributed by atoms with Gasteiger partial charge in [-0.2, -0.15) is 0 Å². The van der Waals surface area contributed by atoms with Crippen LogP contribution in [-0.4, -0.2) is 47.8 Å². The number of rotatable bonds is 6. The van der Waals surface area contributed by atoms with E-state index < -0.39 is 6.10 Å². The minimum atomic E-state index is -0.688. The summed E-state index contributed by atoms with van der Waals surface area (Å²) in [6.07, 6.45) is -1.61. The van der Waals surface area contributed by atoms with Gasteiger partial charge in [0.1, 0.15) is 23.7 Å². The van der Waals surface area contributed by atoms with Crippen LogP contribution in [0.1, 0.15) is 19.4 Å². The lowest BCUT2D eigenvalue weighted by Crippen LogP contribution is -2.57. The van der Waals surface area contributed by atoms with E-state index in [4.69, 9.17) is 14.2 Å². The second kappa shape index (κ2) is 8.15. The fourth-order valence-corrected chi connectivity index (χ4v) is 3.59. The molecule has 1 N–H and O–H groups in total. The van der Waals surface area contributed by atoms with Gasteiger partial charge in [-0.3, -0.25) is 0 Å². The van der Waals surface area contributed by atoms with Crippen molar-refractivity contribution in [3.8, 4) is 0 Å². The Morgan fingerprint density at radius 3 is 2.57 bits per heavy atom. The molecule has 4 nitrogen and oxygen atoms in total. The van der Waals surface area contributed by atoms with E-state index in [2.05, 4.69) is 6.92 Å². The second-order valence-electron chi connectivity index (χ2n) is 5.12. The Hall–Kier alpha value is -0.590. The molecule has 1 aliphatic heterocycles. The van der Waals surface area contributed by atoms with Gasteiger partial charge in [-0.25, -0.2) is 0 Å². The topological polar surface area (TPSA) is 47.9 Å². The van der Waals surface area contributed by atoms with Crippen molar-refractivity contribution in [3.05, 3.63) is 35.9 Å². The molecule has 1 aliphatic rings. The van der Waals surface area contributed by atoms with E-state index in [0.717, 1.165) is 11.3 Å². The molecule has 0 spiro atoms. The summed E-state index contributed by atoms with van der Waals surface area (Å²) in [7, 11) is 1.60. The third kappa shape index (κ3) is 4.20. The van der Waals surface area contributed by atoms with E-state index in [9.17, 15) is 5.11 Å². The molecule has 21 heavy (non-hydrogen) atoms. The number of benzene rings is 1. The SMILES string of the molecule is CCS[C@@H]1O[C@@H](C)[C@H](OCc2ccccc2)[C@@H](O)[C@H]1OC. The smallest absolute Gasteiger partial charge is 0.132 e. The lowest BCUT2D eigenvalue weighted by Gasteiger charge is -2.42. The van der Waals surface area contributed by atoms with Crippen LogP contribution < -0.4 is 0 Å². The van der Waals surface area contributed by atoms with Gasteiger partial charge in [0.2, 0.25) is 0 Å². The van der Waals surface area contributed by atoms with Gasteiger partial charge >= 0.3 is 0 Å². The number of aliphatic hydroxyl groups excluding tert-OH is 1. The van der Waals surface area contributed by atoms with Crippen LogP contribution in [-0.2, 0) is 20.8 Å². The highest BCUT2D eigenvalue weighted by molar-refractivity contribution is 7.99. The Kier molecular flexibility index (Phi) is 6.51. The summed E-state index contributed by atoms with van der Waals surface area (Å²) in [5, 5.41) is 10.5. The lowest BCUT2D eigenvalue weighted by atomic mass is 10.0. The molecular formula is C16H24O4S. The summed E-state index contributed by atoms with van der Waals surface area (Å²) in [5.41, 5.74) is 0.928. The van der Waals surface area contributed by atoms with Crippen molar-refractivity contribution >= 4 is 11.8 Å². The maximum Gasteiger partial charge on any atom is 0.132 e. The maximum absolute atomic E-state index is 10.5. The Morgan fingerprint density at radius 2 is 1.95 bits per heavy atom. The first-order valence-electron chi connectivity index (χ1n) is 7.30. The second-order valence-corrected chi connectivity index (χ2v) is 6.49. The summed E-state index contributed by atoms with van der Waals surface area (Å²) >= 11 is 1.65. The van der Waals surface area contributed by atoms with Gasteiger partial charge in [0.15, 0.2) is 0 Å². The summed E-state index contributed by atoms with van der Waals surface area (Å²) < 4.78 is 17.3. The Morgan fingerprint density at radius 1 is 1.24 bits per heavy atom. The molecule has 1 aromatic carbocycles. The number of ether oxygens (including phenoxy) is 3. The number of methoxy groups -OCH3 is 1. The molecule has 1 aromatic rings. The summed E-state index contributed by atoms with van der Waals surface area (Å²) in [6, 6.07) is 9.93. The highest BCUT2D eigenvalue weighted by Crippen LogP contribution is 2.31. The minimum Gasteiger partial charge on any atom is -0.387 e. The molecule has 0 aromatic heterocycles. The van der Waals surface area contributed by atoms with Gasteiger partial charge in [-0.05, 0) is 18.2 Å². The Balaban J connectivity index is 1.99. The maximum atomic E-state index is 10.5. The van der Waals surface area contributed by atoms with Crippen molar-refractivity contribution in [3.63, 3.8) is 0 Å². The first kappa shape index (κ1) is 16.8. The van der Waals surface area contributed by atoms with Gasteiger partial charge in [-0.1, -0.05) is 37.3 Å². The van der Waals surface area contributed by atoms with Crippen molar-refractivity contribution in [2.24, 2.45) is 0 Å². The van der Waals surface area contributed by atoms with E-state index >= 15 is 0 Å². The monoisotopic (exact) mass is 312 g/mol. The number of hydrogen-bond donors (Lipinski definition) is 1. The van der Waals surface area contributed by atoms with Crippen molar-refractivity contribution in [2.75, 3.05) is 12.9 Å². The van der Waals surface area contributed by atoms with Crippen LogP contribution in [0, 0.1) is 0 Å². The van der Waals surface area contributed by atoms with Crippen LogP contribution in [0.2, 0.25) is 0 Å². The molecule has 2 rings (SSSR count). The Labute approximate surface area is 130 Å². The molecule has 0 saturated carbocycles. The molecule has 1 saturated heterocycles. The van der Waals surface area contributed by atoms with Crippen LogP contribution in [0.25, 0.3) is 0 Å². The lowest BCUT2D eigenvalue weighted by molar-refractivity contribution is -0.218. The number of hydrogen-bond acceptors (Lipinski definition) is 5. The van der Waals surface area contributed by atoms with Crippen LogP contribution in [0.4, 0.5) is 0 Å². The van der Waals surface area contributed by atoms with Gasteiger partial charge in [-0.15, -0.1) is 11.8 Å². The zero-order chi connectivity index (χ0) is 15.2. The standard InChI is InChI=1S/C16H24O4S/c1-4-21-16-15(18-3)13(17)14(11(2)20-16)19-10-12-8-6-5-7-9-12/h5-9,11,13-17H,4,10H2,1-3H3/t11-,13+,14-,15+,16-/m0/s1. The van der Waals surface area contributed by atoms with Gasteiger partial charge in [0.25, 0.3) is 0 Å². The Bertz CT molecular complexity index is 414. The molecule has 0 amide bonds. The first-order chi connectivity index (χ1) is 10.2. The summed E-state index contributed by atoms with van der Waals surface area (Å²) in [5.74, 6) is 0.916. The predicted octanol–water partition coefficient (Wildman–Crippen LogP) is 2.45. The molecule has 5 atom stereocenters. The van der Waals surface area contributed by atoms with E-state index in [1.165, 1.54) is 0 Å². The molecule has 0 bridgehead atoms. The van der Waals surface area contributed by atoms with Gasteiger partial charge in [0, 0.05) is 7.11 Å². The van der Waals surface area contributed by atoms with E-state index in [1.54, 1.807) is 18.9 Å². The van der Waals surface area contributed by atoms with Crippen molar-refractivity contribution < 1.29 is 19.3 Å². The highest BCUT2D eigenvalue weighted by Gasteiger charge is 2.44. The molecule has 1 heterocycles. The first-order valence-corrected chi connectivity index (χ1v) is 8.35. The molecular weight excluding hydrogens is 288 g/mol. The zero-order valence-corrected chi connectivity index (χ0v) is 13.6. The van der Waals surface area contributed by atoms with E-state index in [0.29, 0.717) is 6.61 Å². The number of thioether (sulfide) groups is 1. The van der Waals surface area contributed by atoms with Crippen molar-refractivity contribution in [1.29, 1.82) is 0 Å². The minimum absolute atomic E-state index is 0.151. The summed E-state index contributed by atoms with van der Waals surface area (Å²) in [6.45, 7) is 4.46. The molecule has 0 unspecified atom stereocenters. The van der Waals surface area contributed by atoms with Crippen molar-refractivity contribution in [1.82, 2.24) is 0 Å². The van der Waals surface area contributed by atoms with Gasteiger partial charge in [0.05, 0.1) is 12.7 Å². The molecule has 0 radical (unpaired) electrons. The molecule has 1 fully saturated rings. The quantitative estimate of drug-likeness (QED) is 0.874. The molecule has 5 heteroatoms. The predicted molar refractivity (Wildman–Crippen MR) is 84.3 cm³/mol. The largest absolute Gasteiger partial charge is 0.387 e. The van der Waals surface area contributed by atoms with Crippen LogP contribution >= 0.6 is 11.8 Å². The van der Waals surface area contributed by atoms with Crippen LogP contribution in [0.3, 0.4) is 0 Å². The van der Waals surface area contributed by atoms with E-state index in [1.807, 2.05) is 37.3 Å². The van der Waals surface area contributed by atoms with Gasteiger partial charge < -0.3 is 19.3 Å². The number of aliphatic hydroxyl groups is 1. The third-order valence-electron chi connectivity index (χ3n) is 3.64. The highest BCUT2D eigenvalue weighted by atomic mass is 32.2. The fourth-order valence-electron chi connectivity index (χ4n) is 2.54. The average Bonchev–Trinajstić information content (AvgIpc) is 2.48. The average molecular weight is 312 g/mol. The zero-order valence-electron chi connectivity index (χ0n) is 12.8. The molecule has 118 valence electrons. The van der Waals surface area contributed by atoms with Crippen LogP contribution in [0.15, 0.2) is 30.3 Å². The van der Waals surface area contributed by atoms with E-state index in [-0.39, 0.29) is 23.7 Å².